The highest BCUT2D eigenvalue weighted by Gasteiger charge is 2.21. The maximum Gasteiger partial charge on any atom is 0.0792 e. The van der Waals surface area contributed by atoms with Gasteiger partial charge in [0.1, 0.15) is 0 Å². The van der Waals surface area contributed by atoms with Crippen LogP contribution in [0.1, 0.15) is 0 Å². The van der Waals surface area contributed by atoms with Crippen LogP contribution in [-0.2, 0) is 0 Å². The van der Waals surface area contributed by atoms with E-state index in [0.29, 0.717) is 0 Å². The van der Waals surface area contributed by atoms with Crippen LogP contribution in [-0.4, -0.2) is 4.98 Å². The molecule has 0 fully saturated rings. The maximum atomic E-state index is 5.18. The molecule has 0 spiro atoms. The second kappa shape index (κ2) is 16.3. The van der Waals surface area contributed by atoms with Crippen molar-refractivity contribution in [3.8, 4) is 66.8 Å². The Morgan fingerprint density at radius 1 is 0.186 bits per heavy atom. The minimum Gasteiger partial charge on any atom is -0.256 e. The van der Waals surface area contributed by atoms with Gasteiger partial charge in [0.15, 0.2) is 0 Å². The minimum atomic E-state index is 0.997. The summed E-state index contributed by atoms with van der Waals surface area (Å²) in [5, 5.41) is 16.0. The first kappa shape index (κ1) is 39.9. The summed E-state index contributed by atoms with van der Waals surface area (Å²) >= 11 is 0. The van der Waals surface area contributed by atoms with Crippen molar-refractivity contribution in [3.05, 3.63) is 261 Å². The van der Waals surface area contributed by atoms with Gasteiger partial charge in [-0.3, -0.25) is 4.98 Å². The lowest BCUT2D eigenvalue weighted by Crippen LogP contribution is -1.94. The number of rotatable bonds is 6. The van der Waals surface area contributed by atoms with Crippen LogP contribution in [0.3, 0.4) is 0 Å². The van der Waals surface area contributed by atoms with Crippen LogP contribution in [0.15, 0.2) is 261 Å². The highest BCUT2D eigenvalue weighted by Crippen LogP contribution is 2.48. The molecule has 324 valence electrons. The number of fused-ring (bicyclic) bond motifs is 7. The van der Waals surface area contributed by atoms with E-state index in [1.54, 1.807) is 0 Å². The quantitative estimate of drug-likeness (QED) is 0.152. The van der Waals surface area contributed by atoms with E-state index >= 15 is 0 Å². The van der Waals surface area contributed by atoms with Gasteiger partial charge in [-0.2, -0.15) is 0 Å². The molecular weight excluding hydrogens is 843 g/mol. The third-order valence-corrected chi connectivity index (χ3v) is 14.7. The Bertz CT molecular complexity index is 4210. The molecule has 70 heavy (non-hydrogen) atoms. The molecule has 0 bridgehead atoms. The van der Waals surface area contributed by atoms with Crippen LogP contribution in [0.25, 0.3) is 142 Å². The van der Waals surface area contributed by atoms with Gasteiger partial charge >= 0.3 is 0 Å². The first-order chi connectivity index (χ1) is 34.8. The molecule has 1 nitrogen and oxygen atoms in total. The lowest BCUT2D eigenvalue weighted by Gasteiger charge is -2.19. The summed E-state index contributed by atoms with van der Waals surface area (Å²) in [6.07, 6.45) is 1.94. The molecule has 0 N–H and O–H groups in total. The lowest BCUT2D eigenvalue weighted by molar-refractivity contribution is 1.42. The largest absolute Gasteiger partial charge is 0.256 e. The van der Waals surface area contributed by atoms with Crippen molar-refractivity contribution in [1.29, 1.82) is 0 Å². The Balaban J connectivity index is 0.903. The van der Waals surface area contributed by atoms with Crippen molar-refractivity contribution in [1.82, 2.24) is 4.98 Å². The predicted molar refractivity (Wildman–Crippen MR) is 299 cm³/mol. The van der Waals surface area contributed by atoms with Crippen molar-refractivity contribution >= 4 is 75.5 Å². The molecule has 0 aliphatic rings. The molecule has 0 unspecified atom stereocenters. The fourth-order valence-electron chi connectivity index (χ4n) is 11.7. The van der Waals surface area contributed by atoms with E-state index in [1.165, 1.54) is 120 Å². The summed E-state index contributed by atoms with van der Waals surface area (Å²) in [7, 11) is 0. The smallest absolute Gasteiger partial charge is 0.0792 e. The molecular formula is C69H43N. The zero-order valence-corrected chi connectivity index (χ0v) is 38.3. The Kier molecular flexibility index (Phi) is 9.28. The fourth-order valence-corrected chi connectivity index (χ4v) is 11.7. The van der Waals surface area contributed by atoms with Crippen LogP contribution in [0, 0.1) is 0 Å². The predicted octanol–water partition coefficient (Wildman–Crippen LogP) is 19.2. The number of hydrogen-bond donors (Lipinski definition) is 0. The van der Waals surface area contributed by atoms with Gasteiger partial charge in [-0.1, -0.05) is 243 Å². The zero-order chi connectivity index (χ0) is 46.1. The Morgan fingerprint density at radius 2 is 0.471 bits per heavy atom. The van der Waals surface area contributed by atoms with Crippen molar-refractivity contribution < 1.29 is 0 Å². The molecule has 1 heterocycles. The monoisotopic (exact) mass is 885 g/mol. The van der Waals surface area contributed by atoms with Crippen molar-refractivity contribution in [3.63, 3.8) is 0 Å². The lowest BCUT2D eigenvalue weighted by atomic mass is 9.84. The fraction of sp³-hybridized carbons (Fsp3) is 0. The van der Waals surface area contributed by atoms with E-state index < -0.39 is 0 Å². The zero-order valence-electron chi connectivity index (χ0n) is 38.3. The van der Waals surface area contributed by atoms with Gasteiger partial charge in [0.05, 0.1) is 5.52 Å². The molecule has 14 aromatic rings. The number of pyridine rings is 1. The third kappa shape index (κ3) is 6.29. The second-order valence-electron chi connectivity index (χ2n) is 18.5. The molecule has 13 aromatic carbocycles. The van der Waals surface area contributed by atoms with Crippen LogP contribution in [0.2, 0.25) is 0 Å². The van der Waals surface area contributed by atoms with Crippen molar-refractivity contribution in [2.45, 2.75) is 0 Å². The molecule has 0 amide bonds. The third-order valence-electron chi connectivity index (χ3n) is 14.7. The topological polar surface area (TPSA) is 12.9 Å². The second-order valence-corrected chi connectivity index (χ2v) is 18.5. The molecule has 0 aliphatic carbocycles. The molecule has 0 atom stereocenters. The van der Waals surface area contributed by atoms with E-state index in [1.807, 2.05) is 6.20 Å². The molecule has 0 radical (unpaired) electrons. The number of hydrogen-bond acceptors (Lipinski definition) is 1. The van der Waals surface area contributed by atoms with Gasteiger partial charge in [0.25, 0.3) is 0 Å². The van der Waals surface area contributed by atoms with E-state index in [9.17, 15) is 0 Å². The average Bonchev–Trinajstić information content (AvgIpc) is 3.43. The van der Waals surface area contributed by atoms with Gasteiger partial charge in [-0.05, 0) is 138 Å². The standard InChI is InChI=1S/C69H43N/c1-2-18-45(19-3-1)63-52-21-6-8-23-54(52)64(55-24-9-7-22-53(55)63)46-33-35-48(36-34-46)66-60-29-14-15-30-61(60)68(69-62(66)31-16-42-70-69)49-39-37-47(38-40-49)65-56-25-10-12-27-58(56)67(59-28-13-11-26-57(59)65)51-41-32-44-17-4-5-20-50(44)43-51/h1-43H. The number of nitrogens with zero attached hydrogens (tertiary/aromatic N) is 1. The normalized spacial score (nSPS) is 11.7. The molecule has 0 saturated carbocycles. The van der Waals surface area contributed by atoms with Crippen LogP contribution in [0.5, 0.6) is 0 Å². The Morgan fingerprint density at radius 3 is 0.900 bits per heavy atom. The molecule has 0 aliphatic heterocycles. The first-order valence-electron chi connectivity index (χ1n) is 24.2. The highest BCUT2D eigenvalue weighted by atomic mass is 14.7. The van der Waals surface area contributed by atoms with Gasteiger partial charge < -0.3 is 0 Å². The summed E-state index contributed by atoms with van der Waals surface area (Å²) in [5.41, 5.74) is 15.6. The minimum absolute atomic E-state index is 0.997. The van der Waals surface area contributed by atoms with Gasteiger partial charge in [0, 0.05) is 17.1 Å². The first-order valence-corrected chi connectivity index (χ1v) is 24.2. The number of benzene rings is 13. The van der Waals surface area contributed by atoms with Crippen molar-refractivity contribution in [2.24, 2.45) is 0 Å². The van der Waals surface area contributed by atoms with Crippen LogP contribution < -0.4 is 0 Å². The Hall–Kier alpha value is -9.17. The van der Waals surface area contributed by atoms with E-state index in [0.717, 1.165) is 22.0 Å². The van der Waals surface area contributed by atoms with E-state index in [2.05, 4.69) is 255 Å². The average molecular weight is 886 g/mol. The van der Waals surface area contributed by atoms with Gasteiger partial charge in [0.2, 0.25) is 0 Å². The summed E-state index contributed by atoms with van der Waals surface area (Å²) < 4.78 is 0. The molecule has 1 heteroatoms. The summed E-state index contributed by atoms with van der Waals surface area (Å²) in [6.45, 7) is 0. The van der Waals surface area contributed by atoms with E-state index in [4.69, 9.17) is 4.98 Å². The molecule has 1 aromatic heterocycles. The molecule has 14 rings (SSSR count). The van der Waals surface area contributed by atoms with Crippen LogP contribution >= 0.6 is 0 Å². The van der Waals surface area contributed by atoms with Gasteiger partial charge in [-0.15, -0.1) is 0 Å². The molecule has 0 saturated heterocycles. The highest BCUT2D eigenvalue weighted by molar-refractivity contribution is 6.24. The van der Waals surface area contributed by atoms with Gasteiger partial charge in [-0.25, -0.2) is 0 Å². The van der Waals surface area contributed by atoms with Crippen LogP contribution in [0.4, 0.5) is 0 Å². The maximum absolute atomic E-state index is 5.18. The Labute approximate surface area is 406 Å². The van der Waals surface area contributed by atoms with E-state index in [-0.39, 0.29) is 0 Å². The SMILES string of the molecule is c1ccc(-c2c3ccccc3c(-c3ccc(-c4c5ccccc5c(-c5ccc(-c6c7ccccc7c(-c7ccc8ccccc8c7)c7ccccc67)cc5)c5ncccc45)cc3)c3ccccc23)cc1. The summed E-state index contributed by atoms with van der Waals surface area (Å²) in [4.78, 5) is 5.18. The summed E-state index contributed by atoms with van der Waals surface area (Å²) in [6, 6.07) is 93.6. The number of aromatic nitrogens is 1. The summed E-state index contributed by atoms with van der Waals surface area (Å²) in [5.74, 6) is 0. The van der Waals surface area contributed by atoms with Crippen molar-refractivity contribution in [2.75, 3.05) is 0 Å².